The summed E-state index contributed by atoms with van der Waals surface area (Å²) >= 11 is 0. The van der Waals surface area contributed by atoms with E-state index in [-0.39, 0.29) is 23.8 Å². The van der Waals surface area contributed by atoms with Crippen molar-refractivity contribution in [3.05, 3.63) is 70.4 Å². The molecular weight excluding hydrogens is 390 g/mol. The predicted octanol–water partition coefficient (Wildman–Crippen LogP) is 4.76. The number of phenolic OH excluding ortho intramolecular Hbond substituents is 1. The highest BCUT2D eigenvalue weighted by atomic mass is 16.5. The minimum absolute atomic E-state index is 0.0728. The van der Waals surface area contributed by atoms with Crippen molar-refractivity contribution < 1.29 is 14.6 Å². The number of rotatable bonds is 7. The molecule has 0 radical (unpaired) electrons. The molecule has 3 aromatic rings. The van der Waals surface area contributed by atoms with Gasteiger partial charge in [-0.15, -0.1) is 0 Å². The van der Waals surface area contributed by atoms with Crippen molar-refractivity contribution in [2.75, 3.05) is 13.2 Å². The lowest BCUT2D eigenvalue weighted by Gasteiger charge is -2.26. The van der Waals surface area contributed by atoms with Gasteiger partial charge in [-0.05, 0) is 56.9 Å². The molecule has 0 saturated heterocycles. The van der Waals surface area contributed by atoms with E-state index in [4.69, 9.17) is 4.74 Å². The van der Waals surface area contributed by atoms with E-state index in [2.05, 4.69) is 10.2 Å². The van der Waals surface area contributed by atoms with Crippen LogP contribution in [0.2, 0.25) is 0 Å². The van der Waals surface area contributed by atoms with Crippen LogP contribution in [0.1, 0.15) is 59.1 Å². The Bertz CT molecular complexity index is 1070. The van der Waals surface area contributed by atoms with Gasteiger partial charge in [-0.25, -0.2) is 0 Å². The van der Waals surface area contributed by atoms with Crippen LogP contribution in [0.25, 0.3) is 11.3 Å². The third-order valence-electron chi connectivity index (χ3n) is 5.67. The van der Waals surface area contributed by atoms with Crippen molar-refractivity contribution in [3.63, 3.8) is 0 Å². The number of amides is 1. The lowest BCUT2D eigenvalue weighted by molar-refractivity contribution is 0.0601. The molecule has 0 spiro atoms. The smallest absolute Gasteiger partial charge is 0.273 e. The summed E-state index contributed by atoms with van der Waals surface area (Å²) in [7, 11) is 0. The SMILES string of the molecule is Cc1cc(C)c(-c2n[nH]c3c2C(c2ccccc2)N(CCCOC(C)C)C3=O)c(O)c1. The fraction of sp³-hybridized carbons (Fsp3) is 0.360. The third kappa shape index (κ3) is 3.95. The normalized spacial score (nSPS) is 15.7. The predicted molar refractivity (Wildman–Crippen MR) is 120 cm³/mol. The van der Waals surface area contributed by atoms with Gasteiger partial charge in [0.15, 0.2) is 0 Å². The highest BCUT2D eigenvalue weighted by molar-refractivity contribution is 6.00. The Labute approximate surface area is 182 Å². The molecule has 1 atom stereocenters. The van der Waals surface area contributed by atoms with Crippen LogP contribution in [0.4, 0.5) is 0 Å². The summed E-state index contributed by atoms with van der Waals surface area (Å²) in [6.45, 7) is 9.09. The molecule has 1 aliphatic heterocycles. The number of ether oxygens (including phenoxy) is 1. The van der Waals surface area contributed by atoms with Gasteiger partial charge < -0.3 is 14.7 Å². The van der Waals surface area contributed by atoms with E-state index in [1.807, 2.05) is 69.0 Å². The van der Waals surface area contributed by atoms with E-state index in [1.54, 1.807) is 6.07 Å². The van der Waals surface area contributed by atoms with Gasteiger partial charge in [-0.3, -0.25) is 9.89 Å². The number of nitrogens with one attached hydrogen (secondary N) is 1. The summed E-state index contributed by atoms with van der Waals surface area (Å²) in [5, 5.41) is 18.2. The molecule has 2 heterocycles. The average Bonchev–Trinajstić information content (AvgIpc) is 3.24. The van der Waals surface area contributed by atoms with Crippen molar-refractivity contribution in [1.82, 2.24) is 15.1 Å². The van der Waals surface area contributed by atoms with Crippen LogP contribution in [0.5, 0.6) is 5.75 Å². The van der Waals surface area contributed by atoms with E-state index < -0.39 is 0 Å². The summed E-state index contributed by atoms with van der Waals surface area (Å²) in [5.74, 6) is 0.103. The molecule has 6 nitrogen and oxygen atoms in total. The fourth-order valence-corrected chi connectivity index (χ4v) is 4.41. The summed E-state index contributed by atoms with van der Waals surface area (Å²) in [4.78, 5) is 15.2. The highest BCUT2D eigenvalue weighted by Gasteiger charge is 2.42. The number of phenols is 1. The Hall–Kier alpha value is -3.12. The Morgan fingerprint density at radius 3 is 2.61 bits per heavy atom. The number of aryl methyl sites for hydroxylation is 2. The van der Waals surface area contributed by atoms with Crippen LogP contribution < -0.4 is 0 Å². The van der Waals surface area contributed by atoms with Crippen LogP contribution in [0, 0.1) is 13.8 Å². The van der Waals surface area contributed by atoms with Crippen molar-refractivity contribution >= 4 is 5.91 Å². The molecule has 1 amide bonds. The van der Waals surface area contributed by atoms with Crippen LogP contribution in [0.15, 0.2) is 42.5 Å². The molecule has 2 N–H and O–H groups in total. The molecule has 0 bridgehead atoms. The highest BCUT2D eigenvalue weighted by Crippen LogP contribution is 2.45. The molecule has 1 aromatic heterocycles. The molecule has 2 aromatic carbocycles. The van der Waals surface area contributed by atoms with Gasteiger partial charge in [-0.2, -0.15) is 5.10 Å². The number of nitrogens with zero attached hydrogens (tertiary/aromatic N) is 2. The molecule has 0 fully saturated rings. The molecule has 6 heteroatoms. The number of hydrogen-bond donors (Lipinski definition) is 2. The Balaban J connectivity index is 1.78. The van der Waals surface area contributed by atoms with Gasteiger partial charge in [-0.1, -0.05) is 36.4 Å². The average molecular weight is 420 g/mol. The molecular formula is C25H29N3O3. The van der Waals surface area contributed by atoms with Gasteiger partial charge in [0.25, 0.3) is 5.91 Å². The zero-order chi connectivity index (χ0) is 22.1. The monoisotopic (exact) mass is 419 g/mol. The quantitative estimate of drug-likeness (QED) is 0.541. The Morgan fingerprint density at radius 2 is 1.94 bits per heavy atom. The standard InChI is InChI=1S/C25H29N3O3/c1-15(2)31-12-8-11-28-24(18-9-6-5-7-10-18)21-22(26-27-23(21)25(28)30)20-17(4)13-16(3)14-19(20)29/h5-7,9-10,13-15,24,29H,8,11-12H2,1-4H3,(H,26,27). The number of aromatic hydroxyl groups is 1. The van der Waals surface area contributed by atoms with Crippen molar-refractivity contribution in [2.24, 2.45) is 0 Å². The fourth-order valence-electron chi connectivity index (χ4n) is 4.41. The molecule has 0 aliphatic carbocycles. The number of aromatic amines is 1. The van der Waals surface area contributed by atoms with E-state index in [9.17, 15) is 9.90 Å². The third-order valence-corrected chi connectivity index (χ3v) is 5.67. The maximum atomic E-state index is 13.3. The minimum atomic E-state index is -0.267. The second-order valence-electron chi connectivity index (χ2n) is 8.42. The topological polar surface area (TPSA) is 78.5 Å². The van der Waals surface area contributed by atoms with Crippen LogP contribution in [-0.2, 0) is 4.74 Å². The van der Waals surface area contributed by atoms with Gasteiger partial charge in [0.2, 0.25) is 0 Å². The van der Waals surface area contributed by atoms with E-state index in [0.717, 1.165) is 28.7 Å². The molecule has 4 rings (SSSR count). The Kier molecular flexibility index (Phi) is 5.83. The molecule has 0 saturated carbocycles. The first-order valence-electron chi connectivity index (χ1n) is 10.7. The number of aromatic nitrogens is 2. The van der Waals surface area contributed by atoms with Gasteiger partial charge in [0, 0.05) is 24.3 Å². The zero-order valence-corrected chi connectivity index (χ0v) is 18.5. The van der Waals surface area contributed by atoms with Crippen molar-refractivity contribution in [2.45, 2.75) is 46.3 Å². The number of fused-ring (bicyclic) bond motifs is 1. The van der Waals surface area contributed by atoms with Crippen molar-refractivity contribution in [1.29, 1.82) is 0 Å². The Morgan fingerprint density at radius 1 is 1.19 bits per heavy atom. The molecule has 1 aliphatic rings. The largest absolute Gasteiger partial charge is 0.507 e. The molecule has 1 unspecified atom stereocenters. The first kappa shape index (κ1) is 21.1. The van der Waals surface area contributed by atoms with Gasteiger partial charge in [0.1, 0.15) is 17.1 Å². The maximum Gasteiger partial charge on any atom is 0.273 e. The lowest BCUT2D eigenvalue weighted by Crippen LogP contribution is -2.31. The van der Waals surface area contributed by atoms with E-state index in [0.29, 0.717) is 30.1 Å². The van der Waals surface area contributed by atoms with Crippen LogP contribution >= 0.6 is 0 Å². The summed E-state index contributed by atoms with van der Waals surface area (Å²) < 4.78 is 5.68. The number of carbonyl (C=O) groups is 1. The first-order valence-corrected chi connectivity index (χ1v) is 10.7. The summed E-state index contributed by atoms with van der Waals surface area (Å²) in [6.07, 6.45) is 0.907. The lowest BCUT2D eigenvalue weighted by atomic mass is 9.93. The van der Waals surface area contributed by atoms with Crippen LogP contribution in [0.3, 0.4) is 0 Å². The van der Waals surface area contributed by atoms with Crippen molar-refractivity contribution in [3.8, 4) is 17.0 Å². The van der Waals surface area contributed by atoms with E-state index >= 15 is 0 Å². The number of carbonyl (C=O) groups excluding carboxylic acids is 1. The zero-order valence-electron chi connectivity index (χ0n) is 18.5. The number of hydrogen-bond acceptors (Lipinski definition) is 4. The minimum Gasteiger partial charge on any atom is -0.507 e. The second-order valence-corrected chi connectivity index (χ2v) is 8.42. The van der Waals surface area contributed by atoms with Crippen LogP contribution in [-0.4, -0.2) is 45.4 Å². The second kappa shape index (κ2) is 8.55. The molecule has 31 heavy (non-hydrogen) atoms. The van der Waals surface area contributed by atoms with Gasteiger partial charge >= 0.3 is 0 Å². The summed E-state index contributed by atoms with van der Waals surface area (Å²) in [6, 6.07) is 13.5. The van der Waals surface area contributed by atoms with Gasteiger partial charge in [0.05, 0.1) is 12.1 Å². The summed E-state index contributed by atoms with van der Waals surface area (Å²) in [5.41, 5.74) is 5.54. The maximum absolute atomic E-state index is 13.3. The molecule has 162 valence electrons. The first-order chi connectivity index (χ1) is 14.9. The number of benzene rings is 2. The number of H-pyrrole nitrogens is 1. The van der Waals surface area contributed by atoms with E-state index in [1.165, 1.54) is 0 Å².